The number of hydrogen-bond acceptors (Lipinski definition) is 4. The molecule has 208 valence electrons. The molecule has 0 saturated carbocycles. The number of carbonyl (C=O) groups is 2. The number of aryl methyl sites for hydroxylation is 1. The fourth-order valence-electron chi connectivity index (χ4n) is 5.18. The summed E-state index contributed by atoms with van der Waals surface area (Å²) in [6.07, 6.45) is 1.86. The van der Waals surface area contributed by atoms with Crippen LogP contribution < -0.4 is 4.74 Å². The fraction of sp³-hybridized carbons (Fsp3) is 0.452. The highest BCUT2D eigenvalue weighted by atomic mass is 35.5. The van der Waals surface area contributed by atoms with Gasteiger partial charge in [-0.25, -0.2) is 0 Å². The molecule has 8 heteroatoms. The minimum atomic E-state index is -0.532. The number of piperidine rings is 1. The van der Waals surface area contributed by atoms with Crippen LogP contribution in [0.3, 0.4) is 0 Å². The maximum atomic E-state index is 13.8. The van der Waals surface area contributed by atoms with Crippen LogP contribution >= 0.6 is 11.6 Å². The van der Waals surface area contributed by atoms with Crippen molar-refractivity contribution in [2.45, 2.75) is 59.0 Å². The van der Waals surface area contributed by atoms with E-state index in [9.17, 15) is 9.59 Å². The first kappa shape index (κ1) is 28.7. The third kappa shape index (κ3) is 7.21. The van der Waals surface area contributed by atoms with Gasteiger partial charge in [-0.15, -0.1) is 0 Å². The van der Waals surface area contributed by atoms with Gasteiger partial charge < -0.3 is 14.5 Å². The largest absolute Gasteiger partial charge is 0.493 e. The summed E-state index contributed by atoms with van der Waals surface area (Å²) < 4.78 is 8.02. The van der Waals surface area contributed by atoms with Crippen LogP contribution in [0, 0.1) is 5.41 Å². The SMILES string of the molecule is CCn1nc(C(C)C)cc1C(=O)N1CCCC(COc2cccc(Cl)c2)(CC(=O)N(C)Cc2ccccc2)C1. The van der Waals surface area contributed by atoms with Crippen molar-refractivity contribution in [3.8, 4) is 5.75 Å². The molecular formula is C31H39ClN4O3. The minimum Gasteiger partial charge on any atom is -0.493 e. The summed E-state index contributed by atoms with van der Waals surface area (Å²) in [5.41, 5.74) is 2.05. The Morgan fingerprint density at radius 2 is 1.90 bits per heavy atom. The van der Waals surface area contributed by atoms with Crippen molar-refractivity contribution in [2.24, 2.45) is 5.41 Å². The smallest absolute Gasteiger partial charge is 0.272 e. The van der Waals surface area contributed by atoms with Crippen LogP contribution in [0.5, 0.6) is 5.75 Å². The summed E-state index contributed by atoms with van der Waals surface area (Å²) in [6.45, 7) is 8.68. The molecule has 1 fully saturated rings. The van der Waals surface area contributed by atoms with E-state index < -0.39 is 5.41 Å². The van der Waals surface area contributed by atoms with Crippen LogP contribution in [0.2, 0.25) is 5.02 Å². The molecule has 1 aliphatic rings. The van der Waals surface area contributed by atoms with E-state index in [0.29, 0.717) is 49.3 Å². The molecule has 0 spiro atoms. The molecule has 2 amide bonds. The van der Waals surface area contributed by atoms with E-state index in [-0.39, 0.29) is 24.2 Å². The van der Waals surface area contributed by atoms with Gasteiger partial charge in [0.05, 0.1) is 12.3 Å². The Labute approximate surface area is 236 Å². The predicted octanol–water partition coefficient (Wildman–Crippen LogP) is 6.03. The lowest BCUT2D eigenvalue weighted by molar-refractivity contribution is -0.134. The van der Waals surface area contributed by atoms with E-state index in [4.69, 9.17) is 16.3 Å². The van der Waals surface area contributed by atoms with Crippen molar-refractivity contribution in [3.63, 3.8) is 0 Å². The standard InChI is InChI=1S/C31H39ClN4O3/c1-5-36-28(18-27(33-36)23(2)3)30(38)35-16-10-15-31(21-35,22-39-26-14-9-13-25(32)17-26)19-29(37)34(4)20-24-11-7-6-8-12-24/h6-9,11-14,17-18,23H,5,10,15-16,19-22H2,1-4H3. The average Bonchev–Trinajstić information content (AvgIpc) is 3.37. The first-order chi connectivity index (χ1) is 18.7. The van der Waals surface area contributed by atoms with Gasteiger partial charge >= 0.3 is 0 Å². The first-order valence-electron chi connectivity index (χ1n) is 13.7. The summed E-state index contributed by atoms with van der Waals surface area (Å²) in [4.78, 5) is 31.0. The summed E-state index contributed by atoms with van der Waals surface area (Å²) in [5, 5.41) is 5.24. The van der Waals surface area contributed by atoms with Crippen molar-refractivity contribution in [1.82, 2.24) is 19.6 Å². The van der Waals surface area contributed by atoms with Gasteiger partial charge in [0, 0.05) is 50.1 Å². The normalized spacial score (nSPS) is 17.3. The molecule has 7 nitrogen and oxygen atoms in total. The molecule has 1 atom stereocenters. The predicted molar refractivity (Wildman–Crippen MR) is 154 cm³/mol. The molecule has 0 aliphatic carbocycles. The highest BCUT2D eigenvalue weighted by Crippen LogP contribution is 2.36. The lowest BCUT2D eigenvalue weighted by Crippen LogP contribution is -2.51. The van der Waals surface area contributed by atoms with Crippen molar-refractivity contribution in [1.29, 1.82) is 0 Å². The van der Waals surface area contributed by atoms with Gasteiger partial charge in [-0.05, 0) is 55.5 Å². The van der Waals surface area contributed by atoms with Gasteiger partial charge in [0.2, 0.25) is 5.91 Å². The van der Waals surface area contributed by atoms with E-state index >= 15 is 0 Å². The molecule has 4 rings (SSSR count). The third-order valence-corrected chi connectivity index (χ3v) is 7.65. The summed E-state index contributed by atoms with van der Waals surface area (Å²) in [6, 6.07) is 19.2. The van der Waals surface area contributed by atoms with E-state index in [1.807, 2.05) is 67.4 Å². The fourth-order valence-corrected chi connectivity index (χ4v) is 5.36. The number of nitrogens with zero attached hydrogens (tertiary/aromatic N) is 4. The average molecular weight is 551 g/mol. The zero-order valence-electron chi connectivity index (χ0n) is 23.4. The summed E-state index contributed by atoms with van der Waals surface area (Å²) in [7, 11) is 1.83. The molecule has 1 aliphatic heterocycles. The van der Waals surface area contributed by atoms with Crippen LogP contribution in [0.1, 0.15) is 67.7 Å². The van der Waals surface area contributed by atoms with Gasteiger partial charge in [0.25, 0.3) is 5.91 Å². The molecule has 3 aromatic rings. The third-order valence-electron chi connectivity index (χ3n) is 7.41. The Morgan fingerprint density at radius 1 is 1.13 bits per heavy atom. The van der Waals surface area contributed by atoms with E-state index in [2.05, 4.69) is 18.9 Å². The molecule has 1 saturated heterocycles. The number of aromatic nitrogens is 2. The summed E-state index contributed by atoms with van der Waals surface area (Å²) in [5.74, 6) is 0.867. The van der Waals surface area contributed by atoms with Crippen LogP contribution in [-0.2, 0) is 17.9 Å². The van der Waals surface area contributed by atoms with Crippen LogP contribution in [0.25, 0.3) is 0 Å². The second kappa shape index (κ2) is 12.7. The Bertz CT molecular complexity index is 1280. The zero-order valence-corrected chi connectivity index (χ0v) is 24.2. The zero-order chi connectivity index (χ0) is 28.0. The Kier molecular flexibility index (Phi) is 9.33. The van der Waals surface area contributed by atoms with Crippen LogP contribution in [0.4, 0.5) is 0 Å². The number of amides is 2. The number of ether oxygens (including phenoxy) is 1. The monoisotopic (exact) mass is 550 g/mol. The van der Waals surface area contributed by atoms with Crippen molar-refractivity contribution >= 4 is 23.4 Å². The van der Waals surface area contributed by atoms with Crippen molar-refractivity contribution < 1.29 is 14.3 Å². The highest BCUT2D eigenvalue weighted by molar-refractivity contribution is 6.30. The van der Waals surface area contributed by atoms with Crippen molar-refractivity contribution in [2.75, 3.05) is 26.7 Å². The number of benzene rings is 2. The van der Waals surface area contributed by atoms with Crippen LogP contribution in [-0.4, -0.2) is 58.1 Å². The number of halogens is 1. The number of rotatable bonds is 10. The highest BCUT2D eigenvalue weighted by Gasteiger charge is 2.41. The lowest BCUT2D eigenvalue weighted by Gasteiger charge is -2.42. The van der Waals surface area contributed by atoms with Gasteiger partial charge in [-0.2, -0.15) is 5.10 Å². The quantitative estimate of drug-likeness (QED) is 0.309. The van der Waals surface area contributed by atoms with Crippen LogP contribution in [0.15, 0.2) is 60.7 Å². The Hall–Kier alpha value is -3.32. The Morgan fingerprint density at radius 3 is 2.59 bits per heavy atom. The number of hydrogen-bond donors (Lipinski definition) is 0. The molecule has 0 radical (unpaired) electrons. The van der Waals surface area contributed by atoms with Gasteiger partial charge in [-0.1, -0.05) is 61.8 Å². The molecule has 0 N–H and O–H groups in total. The Balaban J connectivity index is 1.56. The van der Waals surface area contributed by atoms with Gasteiger partial charge in [0.15, 0.2) is 0 Å². The maximum Gasteiger partial charge on any atom is 0.272 e. The number of likely N-dealkylation sites (tertiary alicyclic amines) is 1. The molecule has 2 aromatic carbocycles. The van der Waals surface area contributed by atoms with Gasteiger partial charge in [-0.3, -0.25) is 14.3 Å². The lowest BCUT2D eigenvalue weighted by atomic mass is 9.77. The second-order valence-corrected chi connectivity index (χ2v) is 11.3. The van der Waals surface area contributed by atoms with E-state index in [0.717, 1.165) is 24.1 Å². The molecule has 1 unspecified atom stereocenters. The molecule has 39 heavy (non-hydrogen) atoms. The van der Waals surface area contributed by atoms with Gasteiger partial charge in [0.1, 0.15) is 11.4 Å². The minimum absolute atomic E-state index is 0.0311. The molecule has 1 aromatic heterocycles. The van der Waals surface area contributed by atoms with E-state index in [1.165, 1.54) is 0 Å². The topological polar surface area (TPSA) is 67.7 Å². The maximum absolute atomic E-state index is 13.8. The van der Waals surface area contributed by atoms with E-state index in [1.54, 1.807) is 21.7 Å². The molecule has 0 bridgehead atoms. The summed E-state index contributed by atoms with van der Waals surface area (Å²) >= 11 is 6.19. The molecule has 2 heterocycles. The number of carbonyl (C=O) groups excluding carboxylic acids is 2. The first-order valence-corrected chi connectivity index (χ1v) is 14.1. The molecular weight excluding hydrogens is 512 g/mol. The second-order valence-electron chi connectivity index (χ2n) is 10.9. The van der Waals surface area contributed by atoms with Crippen molar-refractivity contribution in [3.05, 3.63) is 82.6 Å².